The van der Waals surface area contributed by atoms with E-state index in [0.29, 0.717) is 11.4 Å². The lowest BCUT2D eigenvalue weighted by Gasteiger charge is -2.45. The molecule has 9 nitrogen and oxygen atoms in total. The Morgan fingerprint density at radius 2 is 1.19 bits per heavy atom. The van der Waals surface area contributed by atoms with Crippen molar-refractivity contribution in [1.29, 1.82) is 0 Å². The summed E-state index contributed by atoms with van der Waals surface area (Å²) in [5, 5.41) is 5.29. The van der Waals surface area contributed by atoms with Crippen LogP contribution in [0.3, 0.4) is 0 Å². The molecule has 0 aromatic heterocycles. The summed E-state index contributed by atoms with van der Waals surface area (Å²) in [5.74, 6) is -4.07. The number of carbonyl (C=O) groups is 5. The van der Waals surface area contributed by atoms with Crippen molar-refractivity contribution in [2.75, 3.05) is 17.2 Å². The Kier molecular flexibility index (Phi) is 7.33. The Morgan fingerprint density at radius 1 is 0.744 bits per heavy atom. The molecule has 2 bridgehead atoms. The van der Waals surface area contributed by atoms with Gasteiger partial charge in [0, 0.05) is 30.1 Å². The zero-order valence-electron chi connectivity index (χ0n) is 24.2. The second kappa shape index (κ2) is 11.1. The molecule has 0 spiro atoms. The largest absolute Gasteiger partial charge is 0.454 e. The molecule has 0 saturated carbocycles. The Morgan fingerprint density at radius 3 is 1.60 bits per heavy atom. The molecule has 0 radical (unpaired) electrons. The van der Waals surface area contributed by atoms with E-state index in [0.717, 1.165) is 27.2 Å². The second-order valence-corrected chi connectivity index (χ2v) is 11.9. The summed E-state index contributed by atoms with van der Waals surface area (Å²) in [6, 6.07) is 21.3. The van der Waals surface area contributed by atoms with Crippen molar-refractivity contribution >= 4 is 41.0 Å². The van der Waals surface area contributed by atoms with E-state index < -0.39 is 36.4 Å². The summed E-state index contributed by atoms with van der Waals surface area (Å²) in [7, 11) is 0. The lowest BCUT2D eigenvalue weighted by atomic mass is 9.55. The minimum absolute atomic E-state index is 0.0251. The zero-order chi connectivity index (χ0) is 30.4. The number of esters is 1. The van der Waals surface area contributed by atoms with Crippen molar-refractivity contribution in [2.45, 2.75) is 45.1 Å². The van der Waals surface area contributed by atoms with Gasteiger partial charge in [-0.25, -0.2) is 4.79 Å². The first-order valence-corrected chi connectivity index (χ1v) is 14.5. The average Bonchev–Trinajstić information content (AvgIpc) is 3.25. The predicted molar refractivity (Wildman–Crippen MR) is 159 cm³/mol. The van der Waals surface area contributed by atoms with Crippen LogP contribution in [-0.2, 0) is 28.7 Å². The molecule has 1 saturated heterocycles. The summed E-state index contributed by atoms with van der Waals surface area (Å²) in [6.07, 6.45) is 0.219. The van der Waals surface area contributed by atoms with Gasteiger partial charge in [0.2, 0.25) is 17.7 Å². The van der Waals surface area contributed by atoms with E-state index in [4.69, 9.17) is 4.74 Å². The van der Waals surface area contributed by atoms with Gasteiger partial charge in [-0.1, -0.05) is 62.4 Å². The molecule has 9 heteroatoms. The van der Waals surface area contributed by atoms with Crippen LogP contribution < -0.4 is 10.6 Å². The van der Waals surface area contributed by atoms with Crippen LogP contribution in [0.25, 0.3) is 0 Å². The fourth-order valence-corrected chi connectivity index (χ4v) is 7.03. The first-order valence-electron chi connectivity index (χ1n) is 14.5. The topological polar surface area (TPSA) is 122 Å². The molecule has 2 N–H and O–H groups in total. The molecule has 1 aliphatic heterocycles. The standard InChI is InChI=1S/C34H33N3O6/c1-18(2)16-26(34(42)43-17-27(39)36-21-14-12-20(13-15-21)35-19(3)38)37-32(40)30-28-22-8-4-5-9-23(22)29(31(30)33(37)41)25-11-7-6-10-24(25)28/h4-15,18,26,28-31H,16-17H2,1-3H3,(H,35,38)(H,36,39)/t26-,28?,29?,30+,31+/m0/s1. The van der Waals surface area contributed by atoms with Crippen LogP contribution >= 0.6 is 0 Å². The SMILES string of the molecule is CC(=O)Nc1ccc(NC(=O)COC(=O)[C@H](CC(C)C)N2C(=O)[C@@H]3C4c5ccccc5C(c5ccccc54)[C@H]3C2=O)cc1. The Hall–Kier alpha value is -4.79. The van der Waals surface area contributed by atoms with Gasteiger partial charge in [-0.15, -0.1) is 0 Å². The average molecular weight is 580 g/mol. The minimum Gasteiger partial charge on any atom is -0.454 e. The van der Waals surface area contributed by atoms with Gasteiger partial charge >= 0.3 is 5.97 Å². The first kappa shape index (κ1) is 28.3. The number of benzene rings is 3. The van der Waals surface area contributed by atoms with Crippen LogP contribution in [0.15, 0.2) is 72.8 Å². The van der Waals surface area contributed by atoms with Gasteiger partial charge < -0.3 is 15.4 Å². The number of ether oxygens (including phenoxy) is 1. The van der Waals surface area contributed by atoms with E-state index in [-0.39, 0.29) is 41.9 Å². The van der Waals surface area contributed by atoms with Gasteiger partial charge in [0.15, 0.2) is 6.61 Å². The quantitative estimate of drug-likeness (QED) is 0.301. The molecule has 43 heavy (non-hydrogen) atoms. The van der Waals surface area contributed by atoms with Gasteiger partial charge in [0.25, 0.3) is 5.91 Å². The number of hydrogen-bond acceptors (Lipinski definition) is 6. The number of carbonyl (C=O) groups excluding carboxylic acids is 5. The monoisotopic (exact) mass is 579 g/mol. The molecule has 3 atom stereocenters. The molecule has 4 amide bonds. The van der Waals surface area contributed by atoms with Crippen LogP contribution in [0.2, 0.25) is 0 Å². The lowest BCUT2D eigenvalue weighted by molar-refractivity contribution is -0.160. The van der Waals surface area contributed by atoms with Crippen LogP contribution in [0.4, 0.5) is 11.4 Å². The third-order valence-electron chi connectivity index (χ3n) is 8.60. The lowest BCUT2D eigenvalue weighted by Crippen LogP contribution is -2.47. The van der Waals surface area contributed by atoms with Gasteiger partial charge in [-0.3, -0.25) is 24.1 Å². The van der Waals surface area contributed by atoms with Crippen molar-refractivity contribution in [3.63, 3.8) is 0 Å². The maximum Gasteiger partial charge on any atom is 0.329 e. The van der Waals surface area contributed by atoms with E-state index in [1.54, 1.807) is 24.3 Å². The maximum atomic E-state index is 14.2. The molecule has 3 aromatic rings. The first-order chi connectivity index (χ1) is 20.7. The summed E-state index contributed by atoms with van der Waals surface area (Å²) >= 11 is 0. The number of nitrogens with zero attached hydrogens (tertiary/aromatic N) is 1. The second-order valence-electron chi connectivity index (χ2n) is 11.9. The minimum atomic E-state index is -1.14. The van der Waals surface area contributed by atoms with Crippen molar-refractivity contribution in [3.8, 4) is 0 Å². The molecular weight excluding hydrogens is 546 g/mol. The van der Waals surface area contributed by atoms with Crippen molar-refractivity contribution in [2.24, 2.45) is 17.8 Å². The van der Waals surface area contributed by atoms with Gasteiger partial charge in [-0.2, -0.15) is 0 Å². The molecular formula is C34H33N3O6. The van der Waals surface area contributed by atoms with Gasteiger partial charge in [0.1, 0.15) is 6.04 Å². The third-order valence-corrected chi connectivity index (χ3v) is 8.60. The highest BCUT2D eigenvalue weighted by Crippen LogP contribution is 2.61. The Bertz CT molecular complexity index is 1520. The fourth-order valence-electron chi connectivity index (χ4n) is 7.03. The van der Waals surface area contributed by atoms with Crippen LogP contribution in [0.5, 0.6) is 0 Å². The van der Waals surface area contributed by atoms with E-state index in [1.807, 2.05) is 62.4 Å². The highest BCUT2D eigenvalue weighted by atomic mass is 16.5. The number of nitrogens with one attached hydrogen (secondary N) is 2. The van der Waals surface area contributed by atoms with Crippen molar-refractivity contribution in [3.05, 3.63) is 95.1 Å². The molecule has 3 aromatic carbocycles. The number of amides is 4. The molecule has 0 unspecified atom stereocenters. The number of imide groups is 1. The molecule has 3 aliphatic carbocycles. The van der Waals surface area contributed by atoms with Gasteiger partial charge in [-0.05, 0) is 58.9 Å². The van der Waals surface area contributed by atoms with Crippen LogP contribution in [0, 0.1) is 17.8 Å². The summed E-state index contributed by atoms with van der Waals surface area (Å²) in [4.78, 5) is 66.8. The molecule has 220 valence electrons. The normalized spacial score (nSPS) is 22.0. The molecule has 1 heterocycles. The zero-order valence-corrected chi connectivity index (χ0v) is 24.2. The highest BCUT2D eigenvalue weighted by molar-refractivity contribution is 6.10. The number of hydrogen-bond donors (Lipinski definition) is 2. The summed E-state index contributed by atoms with van der Waals surface area (Å²) in [5.41, 5.74) is 5.26. The maximum absolute atomic E-state index is 14.2. The molecule has 7 rings (SSSR count). The summed E-state index contributed by atoms with van der Waals surface area (Å²) in [6.45, 7) is 4.64. The van der Waals surface area contributed by atoms with E-state index in [1.165, 1.54) is 6.92 Å². The Labute approximate surface area is 249 Å². The van der Waals surface area contributed by atoms with E-state index >= 15 is 0 Å². The molecule has 4 aliphatic rings. The van der Waals surface area contributed by atoms with E-state index in [9.17, 15) is 24.0 Å². The number of likely N-dealkylation sites (tertiary alicyclic amines) is 1. The van der Waals surface area contributed by atoms with Crippen molar-refractivity contribution < 1.29 is 28.7 Å². The highest BCUT2D eigenvalue weighted by Gasteiger charge is 2.63. The smallest absolute Gasteiger partial charge is 0.329 e. The van der Waals surface area contributed by atoms with E-state index in [2.05, 4.69) is 10.6 Å². The van der Waals surface area contributed by atoms with Crippen molar-refractivity contribution in [1.82, 2.24) is 4.90 Å². The van der Waals surface area contributed by atoms with Crippen LogP contribution in [-0.4, -0.2) is 47.1 Å². The Balaban J connectivity index is 1.21. The molecule has 1 fully saturated rings. The van der Waals surface area contributed by atoms with Crippen LogP contribution in [0.1, 0.15) is 61.3 Å². The summed E-state index contributed by atoms with van der Waals surface area (Å²) < 4.78 is 5.42. The number of rotatable bonds is 8. The fraction of sp³-hybridized carbons (Fsp3) is 0.324. The third kappa shape index (κ3) is 4.98. The number of anilines is 2. The van der Waals surface area contributed by atoms with Gasteiger partial charge in [0.05, 0.1) is 11.8 Å². The predicted octanol–water partition coefficient (Wildman–Crippen LogP) is 4.43.